The number of nitrogens with zero attached hydrogens (tertiary/aromatic N) is 1. The van der Waals surface area contributed by atoms with Crippen LogP contribution >= 0.6 is 0 Å². The van der Waals surface area contributed by atoms with Gasteiger partial charge in [-0.05, 0) is 40.7 Å². The summed E-state index contributed by atoms with van der Waals surface area (Å²) in [5.74, 6) is -1.64. The molecule has 0 saturated heterocycles. The van der Waals surface area contributed by atoms with Gasteiger partial charge in [0.2, 0.25) is 0 Å². The highest BCUT2D eigenvalue weighted by atomic mass is 16.4. The highest BCUT2D eigenvalue weighted by Gasteiger charge is 2.40. The van der Waals surface area contributed by atoms with Crippen LogP contribution in [0.25, 0.3) is 6.08 Å². The monoisotopic (exact) mass is 377 g/mol. The number of anilines is 1. The van der Waals surface area contributed by atoms with Crippen molar-refractivity contribution in [3.8, 4) is 0 Å². The molecule has 2 amide bonds. The van der Waals surface area contributed by atoms with E-state index in [0.717, 1.165) is 17.2 Å². The van der Waals surface area contributed by atoms with Crippen LogP contribution in [0.2, 0.25) is 0 Å². The Hall–Kier alpha value is -3.21. The minimum atomic E-state index is -1.11. The SMILES string of the molecule is CC(C)c1cccc(C(C)C)c1N1C(=O)c2cccc(C=CC(=O)O)c2C1=O. The van der Waals surface area contributed by atoms with Gasteiger partial charge < -0.3 is 5.11 Å². The Morgan fingerprint density at radius 1 is 0.929 bits per heavy atom. The average Bonchev–Trinajstić information content (AvgIpc) is 2.90. The number of imide groups is 1. The molecular formula is C23H23NO4. The van der Waals surface area contributed by atoms with E-state index in [1.54, 1.807) is 18.2 Å². The van der Waals surface area contributed by atoms with E-state index >= 15 is 0 Å². The Morgan fingerprint density at radius 3 is 2.04 bits per heavy atom. The van der Waals surface area contributed by atoms with Gasteiger partial charge in [-0.3, -0.25) is 9.59 Å². The molecule has 5 heteroatoms. The molecule has 1 heterocycles. The number of carboxylic acids is 1. The second-order valence-electron chi connectivity index (χ2n) is 7.48. The van der Waals surface area contributed by atoms with Crippen LogP contribution in [0.4, 0.5) is 5.69 Å². The fourth-order valence-corrected chi connectivity index (χ4v) is 3.58. The lowest BCUT2D eigenvalue weighted by Crippen LogP contribution is -2.32. The fraction of sp³-hybridized carbons (Fsp3) is 0.261. The summed E-state index contributed by atoms with van der Waals surface area (Å²) in [6.45, 7) is 8.12. The molecule has 2 aromatic carbocycles. The zero-order chi connectivity index (χ0) is 20.6. The number of hydrogen-bond acceptors (Lipinski definition) is 3. The van der Waals surface area contributed by atoms with Gasteiger partial charge in [0.15, 0.2) is 0 Å². The molecule has 0 saturated carbocycles. The van der Waals surface area contributed by atoms with Crippen molar-refractivity contribution in [2.45, 2.75) is 39.5 Å². The van der Waals surface area contributed by atoms with Gasteiger partial charge >= 0.3 is 5.97 Å². The number of aliphatic carboxylic acids is 1. The van der Waals surface area contributed by atoms with Crippen molar-refractivity contribution in [1.82, 2.24) is 0 Å². The quantitative estimate of drug-likeness (QED) is 0.598. The molecule has 1 aliphatic heterocycles. The van der Waals surface area contributed by atoms with Crippen LogP contribution in [0.1, 0.15) is 76.9 Å². The number of hydrogen-bond donors (Lipinski definition) is 1. The molecule has 1 N–H and O–H groups in total. The minimum absolute atomic E-state index is 0.129. The third-order valence-electron chi connectivity index (χ3n) is 4.92. The number of fused-ring (bicyclic) bond motifs is 1. The minimum Gasteiger partial charge on any atom is -0.478 e. The van der Waals surface area contributed by atoms with Gasteiger partial charge in [0.25, 0.3) is 11.8 Å². The summed E-state index contributed by atoms with van der Waals surface area (Å²) in [6.07, 6.45) is 2.32. The molecular weight excluding hydrogens is 354 g/mol. The van der Waals surface area contributed by atoms with Crippen molar-refractivity contribution in [3.63, 3.8) is 0 Å². The summed E-state index contributed by atoms with van der Waals surface area (Å²) in [7, 11) is 0. The van der Waals surface area contributed by atoms with E-state index < -0.39 is 11.9 Å². The van der Waals surface area contributed by atoms with Crippen LogP contribution in [-0.4, -0.2) is 22.9 Å². The summed E-state index contributed by atoms with van der Waals surface area (Å²) >= 11 is 0. The number of benzene rings is 2. The molecule has 0 bridgehead atoms. The number of carbonyl (C=O) groups excluding carboxylic acids is 2. The van der Waals surface area contributed by atoms with Gasteiger partial charge in [-0.25, -0.2) is 9.69 Å². The molecule has 5 nitrogen and oxygen atoms in total. The van der Waals surface area contributed by atoms with Crippen molar-refractivity contribution in [2.24, 2.45) is 0 Å². The maximum absolute atomic E-state index is 13.3. The van der Waals surface area contributed by atoms with E-state index in [1.807, 2.05) is 45.9 Å². The van der Waals surface area contributed by atoms with E-state index in [1.165, 1.54) is 11.0 Å². The van der Waals surface area contributed by atoms with Crippen LogP contribution < -0.4 is 4.90 Å². The predicted octanol–water partition coefficient (Wildman–Crippen LogP) is 4.83. The molecule has 0 fully saturated rings. The molecule has 2 aromatic rings. The van der Waals surface area contributed by atoms with Crippen LogP contribution in [0, 0.1) is 0 Å². The fourth-order valence-electron chi connectivity index (χ4n) is 3.58. The van der Waals surface area contributed by atoms with Gasteiger partial charge in [-0.15, -0.1) is 0 Å². The van der Waals surface area contributed by atoms with Crippen LogP contribution in [0.3, 0.4) is 0 Å². The van der Waals surface area contributed by atoms with Gasteiger partial charge in [0.05, 0.1) is 16.8 Å². The van der Waals surface area contributed by atoms with Crippen molar-refractivity contribution in [2.75, 3.05) is 4.90 Å². The summed E-state index contributed by atoms with van der Waals surface area (Å²) in [5, 5.41) is 8.92. The first-order chi connectivity index (χ1) is 13.2. The second kappa shape index (κ2) is 7.43. The Morgan fingerprint density at radius 2 is 1.50 bits per heavy atom. The highest BCUT2D eigenvalue weighted by Crippen LogP contribution is 2.40. The van der Waals surface area contributed by atoms with Crippen molar-refractivity contribution < 1.29 is 19.5 Å². The van der Waals surface area contributed by atoms with E-state index in [9.17, 15) is 14.4 Å². The number of carbonyl (C=O) groups is 3. The first-order valence-electron chi connectivity index (χ1n) is 9.29. The molecule has 0 radical (unpaired) electrons. The maximum atomic E-state index is 13.3. The molecule has 0 unspecified atom stereocenters. The van der Waals surface area contributed by atoms with Crippen LogP contribution in [0.5, 0.6) is 0 Å². The molecule has 3 rings (SSSR count). The number of para-hydroxylation sites is 1. The van der Waals surface area contributed by atoms with Gasteiger partial charge in [0.1, 0.15) is 0 Å². The average molecular weight is 377 g/mol. The maximum Gasteiger partial charge on any atom is 0.328 e. The Labute approximate surface area is 164 Å². The number of amides is 2. The van der Waals surface area contributed by atoms with Crippen molar-refractivity contribution >= 4 is 29.5 Å². The zero-order valence-corrected chi connectivity index (χ0v) is 16.4. The summed E-state index contributed by atoms with van der Waals surface area (Å²) < 4.78 is 0. The second-order valence-corrected chi connectivity index (χ2v) is 7.48. The van der Waals surface area contributed by atoms with E-state index in [-0.39, 0.29) is 23.3 Å². The molecule has 28 heavy (non-hydrogen) atoms. The van der Waals surface area contributed by atoms with Crippen molar-refractivity contribution in [1.29, 1.82) is 0 Å². The molecule has 1 aliphatic rings. The molecule has 0 aliphatic carbocycles. The first kappa shape index (κ1) is 19.5. The normalized spacial score (nSPS) is 13.9. The lowest BCUT2D eigenvalue weighted by molar-refractivity contribution is -0.131. The van der Waals surface area contributed by atoms with Crippen molar-refractivity contribution in [3.05, 3.63) is 70.3 Å². The van der Waals surface area contributed by atoms with E-state index in [4.69, 9.17) is 5.11 Å². The molecule has 0 aromatic heterocycles. The first-order valence-corrected chi connectivity index (χ1v) is 9.29. The predicted molar refractivity (Wildman–Crippen MR) is 109 cm³/mol. The van der Waals surface area contributed by atoms with Crippen LogP contribution in [-0.2, 0) is 4.79 Å². The van der Waals surface area contributed by atoms with Gasteiger partial charge in [-0.2, -0.15) is 0 Å². The highest BCUT2D eigenvalue weighted by molar-refractivity contribution is 6.35. The third kappa shape index (κ3) is 3.24. The number of carboxylic acid groups (broad SMARTS) is 1. The topological polar surface area (TPSA) is 74.7 Å². The summed E-state index contributed by atoms with van der Waals surface area (Å²) in [4.78, 5) is 38.7. The molecule has 0 spiro atoms. The van der Waals surface area contributed by atoms with Gasteiger partial charge in [-0.1, -0.05) is 58.0 Å². The van der Waals surface area contributed by atoms with Gasteiger partial charge in [0, 0.05) is 6.08 Å². The molecule has 144 valence electrons. The Balaban J connectivity index is 2.22. The Bertz CT molecular complexity index is 975. The standard InChI is InChI=1S/C23H23NO4/c1-13(2)16-8-6-9-17(14(3)4)21(16)24-22(27)18-10-5-7-15(11-12-19(25)26)20(18)23(24)28/h5-14H,1-4H3,(H,25,26). The summed E-state index contributed by atoms with van der Waals surface area (Å²) in [5.41, 5.74) is 3.48. The van der Waals surface area contributed by atoms with Crippen LogP contribution in [0.15, 0.2) is 42.5 Å². The lowest BCUT2D eigenvalue weighted by Gasteiger charge is -2.25. The molecule has 0 atom stereocenters. The number of rotatable bonds is 5. The smallest absolute Gasteiger partial charge is 0.328 e. The zero-order valence-electron chi connectivity index (χ0n) is 16.4. The summed E-state index contributed by atoms with van der Waals surface area (Å²) in [6, 6.07) is 10.8. The van der Waals surface area contributed by atoms with E-state index in [2.05, 4.69) is 0 Å². The lowest BCUT2D eigenvalue weighted by atomic mass is 9.92. The largest absolute Gasteiger partial charge is 0.478 e. The Kier molecular flexibility index (Phi) is 5.18. The van der Waals surface area contributed by atoms with E-state index in [0.29, 0.717) is 16.8 Å². The third-order valence-corrected chi connectivity index (χ3v) is 4.92.